The van der Waals surface area contributed by atoms with Crippen LogP contribution in [-0.2, 0) is 9.59 Å². The summed E-state index contributed by atoms with van der Waals surface area (Å²) in [5, 5.41) is 14.6. The Bertz CT molecular complexity index is 1500. The van der Waals surface area contributed by atoms with E-state index in [0.29, 0.717) is 34.9 Å². The highest BCUT2D eigenvalue weighted by atomic mass is 16.5. The number of aromatic nitrogens is 2. The third-order valence-electron chi connectivity index (χ3n) is 6.75. The van der Waals surface area contributed by atoms with E-state index in [-0.39, 0.29) is 11.6 Å². The number of benzene rings is 2. The molecule has 200 valence electrons. The van der Waals surface area contributed by atoms with Gasteiger partial charge in [0.1, 0.15) is 17.4 Å². The molecule has 0 atom stereocenters. The fourth-order valence-corrected chi connectivity index (χ4v) is 4.52. The van der Waals surface area contributed by atoms with Gasteiger partial charge < -0.3 is 4.74 Å². The molecule has 7 heteroatoms. The summed E-state index contributed by atoms with van der Waals surface area (Å²) in [6.45, 7) is 12.2. The molecule has 4 rings (SSSR count). The van der Waals surface area contributed by atoms with Gasteiger partial charge in [0.15, 0.2) is 0 Å². The summed E-state index contributed by atoms with van der Waals surface area (Å²) in [4.78, 5) is 27.5. The molecule has 0 fully saturated rings. The van der Waals surface area contributed by atoms with Crippen molar-refractivity contribution in [3.63, 3.8) is 0 Å². The zero-order valence-corrected chi connectivity index (χ0v) is 23.4. The standard InChI is InChI=1S/C32H34N4O3/c1-20(2)14-15-39-29-13-12-24(16-22(29)5)30-25(19-35(34-30)26-10-8-7-9-11-26)17-27-23(6)28(18-33)32(38)36(21(3)4)31(27)37/h7-13,16-17,19-21H,14-15H2,1-6H3/b27-17+. The van der Waals surface area contributed by atoms with Gasteiger partial charge in [-0.05, 0) is 87.6 Å². The van der Waals surface area contributed by atoms with Gasteiger partial charge in [0.05, 0.1) is 18.0 Å². The van der Waals surface area contributed by atoms with Crippen LogP contribution in [0.25, 0.3) is 23.0 Å². The second-order valence-electron chi connectivity index (χ2n) is 10.5. The number of carbonyl (C=O) groups excluding carboxylic acids is 2. The van der Waals surface area contributed by atoms with Gasteiger partial charge in [0, 0.05) is 28.9 Å². The largest absolute Gasteiger partial charge is 0.493 e. The van der Waals surface area contributed by atoms with Crippen molar-refractivity contribution in [1.29, 1.82) is 5.26 Å². The van der Waals surface area contributed by atoms with Crippen LogP contribution in [0.1, 0.15) is 52.2 Å². The van der Waals surface area contributed by atoms with Crippen LogP contribution in [0.15, 0.2) is 71.4 Å². The van der Waals surface area contributed by atoms with E-state index in [1.807, 2.05) is 67.7 Å². The van der Waals surface area contributed by atoms with E-state index in [2.05, 4.69) is 13.8 Å². The van der Waals surface area contributed by atoms with Crippen LogP contribution in [0.4, 0.5) is 0 Å². The van der Waals surface area contributed by atoms with Crippen LogP contribution >= 0.6 is 0 Å². The van der Waals surface area contributed by atoms with Crippen LogP contribution in [0.5, 0.6) is 5.75 Å². The minimum absolute atomic E-state index is 0.0229. The molecule has 0 spiro atoms. The van der Waals surface area contributed by atoms with Gasteiger partial charge in [-0.3, -0.25) is 14.5 Å². The molecule has 0 aliphatic carbocycles. The maximum absolute atomic E-state index is 13.5. The first-order valence-electron chi connectivity index (χ1n) is 13.2. The smallest absolute Gasteiger partial charge is 0.271 e. The highest BCUT2D eigenvalue weighted by Crippen LogP contribution is 2.33. The molecule has 0 saturated carbocycles. The number of nitrogens with zero attached hydrogens (tertiary/aromatic N) is 4. The summed E-state index contributed by atoms with van der Waals surface area (Å²) in [7, 11) is 0. The van der Waals surface area contributed by atoms with Crippen molar-refractivity contribution in [1.82, 2.24) is 14.7 Å². The topological polar surface area (TPSA) is 88.2 Å². The van der Waals surface area contributed by atoms with Crippen molar-refractivity contribution in [2.45, 2.75) is 54.0 Å². The van der Waals surface area contributed by atoms with Crippen LogP contribution < -0.4 is 4.74 Å². The first kappa shape index (κ1) is 27.6. The Morgan fingerprint density at radius 1 is 1.03 bits per heavy atom. The molecule has 2 aromatic carbocycles. The molecule has 0 bridgehead atoms. The van der Waals surface area contributed by atoms with Crippen molar-refractivity contribution >= 4 is 17.9 Å². The van der Waals surface area contributed by atoms with E-state index in [1.54, 1.807) is 31.5 Å². The lowest BCUT2D eigenvalue weighted by atomic mass is 9.92. The Labute approximate surface area is 230 Å². The summed E-state index contributed by atoms with van der Waals surface area (Å²) in [5.74, 6) is 0.407. The van der Waals surface area contributed by atoms with Gasteiger partial charge in [-0.2, -0.15) is 10.4 Å². The summed E-state index contributed by atoms with van der Waals surface area (Å²) in [5.41, 5.74) is 4.75. The van der Waals surface area contributed by atoms with E-state index in [9.17, 15) is 14.9 Å². The van der Waals surface area contributed by atoms with Crippen LogP contribution in [0.2, 0.25) is 0 Å². The molecule has 3 aromatic rings. The minimum atomic E-state index is -0.559. The molecule has 1 aliphatic rings. The molecule has 0 unspecified atom stereocenters. The average Bonchev–Trinajstić information content (AvgIpc) is 3.32. The lowest BCUT2D eigenvalue weighted by Gasteiger charge is -2.30. The Morgan fingerprint density at radius 3 is 2.36 bits per heavy atom. The molecule has 0 N–H and O–H groups in total. The Balaban J connectivity index is 1.85. The van der Waals surface area contributed by atoms with Crippen molar-refractivity contribution in [2.75, 3.05) is 6.61 Å². The average molecular weight is 523 g/mol. The Morgan fingerprint density at radius 2 is 1.74 bits per heavy atom. The number of rotatable bonds is 8. The number of amides is 2. The normalized spacial score (nSPS) is 15.1. The highest BCUT2D eigenvalue weighted by molar-refractivity contribution is 6.20. The predicted molar refractivity (Wildman–Crippen MR) is 152 cm³/mol. The first-order valence-corrected chi connectivity index (χ1v) is 13.2. The predicted octanol–water partition coefficient (Wildman–Crippen LogP) is 6.27. The fourth-order valence-electron chi connectivity index (χ4n) is 4.52. The van der Waals surface area contributed by atoms with Gasteiger partial charge in [0.25, 0.3) is 11.8 Å². The molecule has 1 aromatic heterocycles. The number of hydrogen-bond acceptors (Lipinski definition) is 5. The van der Waals surface area contributed by atoms with Gasteiger partial charge in [-0.25, -0.2) is 4.68 Å². The lowest BCUT2D eigenvalue weighted by molar-refractivity contribution is -0.142. The van der Waals surface area contributed by atoms with Gasteiger partial charge >= 0.3 is 0 Å². The second kappa shape index (κ2) is 11.5. The number of imide groups is 1. The number of para-hydroxylation sites is 1. The van der Waals surface area contributed by atoms with E-state index in [1.165, 1.54) is 0 Å². The maximum Gasteiger partial charge on any atom is 0.271 e. The van der Waals surface area contributed by atoms with Gasteiger partial charge in [0.2, 0.25) is 0 Å². The number of ether oxygens (including phenoxy) is 1. The molecule has 2 heterocycles. The summed E-state index contributed by atoms with van der Waals surface area (Å²) >= 11 is 0. The first-order chi connectivity index (χ1) is 18.6. The minimum Gasteiger partial charge on any atom is -0.493 e. The van der Waals surface area contributed by atoms with E-state index in [0.717, 1.165) is 33.9 Å². The van der Waals surface area contributed by atoms with Crippen LogP contribution in [0, 0.1) is 24.2 Å². The Kier molecular flexibility index (Phi) is 8.15. The van der Waals surface area contributed by atoms with Gasteiger partial charge in [-0.15, -0.1) is 0 Å². The number of nitriles is 1. The molecular formula is C32H34N4O3. The lowest BCUT2D eigenvalue weighted by Crippen LogP contribution is -2.46. The molecule has 7 nitrogen and oxygen atoms in total. The fraction of sp³-hybridized carbons (Fsp3) is 0.312. The highest BCUT2D eigenvalue weighted by Gasteiger charge is 2.37. The molecule has 0 saturated heterocycles. The number of aryl methyl sites for hydroxylation is 1. The second-order valence-corrected chi connectivity index (χ2v) is 10.5. The van der Waals surface area contributed by atoms with Crippen molar-refractivity contribution in [3.05, 3.63) is 82.6 Å². The number of carbonyl (C=O) groups is 2. The number of hydrogen-bond donors (Lipinski definition) is 0. The third kappa shape index (κ3) is 5.70. The molecule has 1 aliphatic heterocycles. The van der Waals surface area contributed by atoms with Crippen molar-refractivity contribution in [3.8, 4) is 28.8 Å². The third-order valence-corrected chi connectivity index (χ3v) is 6.75. The van der Waals surface area contributed by atoms with Gasteiger partial charge in [-0.1, -0.05) is 32.0 Å². The van der Waals surface area contributed by atoms with E-state index < -0.39 is 11.8 Å². The Hall–Kier alpha value is -4.44. The quantitative estimate of drug-likeness (QED) is 0.257. The summed E-state index contributed by atoms with van der Waals surface area (Å²) < 4.78 is 7.78. The monoisotopic (exact) mass is 522 g/mol. The molecule has 0 radical (unpaired) electrons. The van der Waals surface area contributed by atoms with E-state index >= 15 is 0 Å². The molecule has 2 amide bonds. The van der Waals surface area contributed by atoms with Crippen molar-refractivity contribution < 1.29 is 14.3 Å². The summed E-state index contributed by atoms with van der Waals surface area (Å²) in [6, 6.07) is 17.3. The van der Waals surface area contributed by atoms with Crippen LogP contribution in [0.3, 0.4) is 0 Å². The van der Waals surface area contributed by atoms with E-state index in [4.69, 9.17) is 9.84 Å². The molecule has 39 heavy (non-hydrogen) atoms. The summed E-state index contributed by atoms with van der Waals surface area (Å²) in [6.07, 6.45) is 4.58. The maximum atomic E-state index is 13.5. The zero-order chi connectivity index (χ0) is 28.3. The van der Waals surface area contributed by atoms with Crippen molar-refractivity contribution in [2.24, 2.45) is 5.92 Å². The zero-order valence-electron chi connectivity index (χ0n) is 23.4. The SMILES string of the molecule is CC1=C(C#N)C(=O)N(C(C)C)C(=O)/C1=C/c1cn(-c2ccccc2)nc1-c1ccc(OCCC(C)C)c(C)c1. The van der Waals surface area contributed by atoms with Crippen LogP contribution in [-0.4, -0.2) is 39.1 Å². The molecular weight excluding hydrogens is 488 g/mol.